The first kappa shape index (κ1) is 34.4. The summed E-state index contributed by atoms with van der Waals surface area (Å²) in [6, 6.07) is 13.4. The average molecular weight is 581 g/mol. The van der Waals surface area contributed by atoms with Crippen molar-refractivity contribution in [1.82, 2.24) is 0 Å². The number of carbonyl (C=O) groups excluding carboxylic acids is 3. The van der Waals surface area contributed by atoms with Gasteiger partial charge in [-0.3, -0.25) is 14.4 Å². The Labute approximate surface area is 250 Å². The molecular formula is C34H48N2O6. The van der Waals surface area contributed by atoms with E-state index in [4.69, 9.17) is 25.7 Å². The SMILES string of the molecule is CCCCCC[C@H](CC=CCCCCCCCC(=O)Oc1ccc(N)cc1)OC(=O)CCC(=O)Oc1ccc(N)cc1. The number of hydrogen-bond acceptors (Lipinski definition) is 8. The van der Waals surface area contributed by atoms with Crippen molar-refractivity contribution in [3.63, 3.8) is 0 Å². The summed E-state index contributed by atoms with van der Waals surface area (Å²) in [7, 11) is 0. The molecule has 0 unspecified atom stereocenters. The Hall–Kier alpha value is -3.81. The molecule has 0 heterocycles. The minimum absolute atomic E-state index is 0.0118. The van der Waals surface area contributed by atoms with E-state index in [-0.39, 0.29) is 30.9 Å². The van der Waals surface area contributed by atoms with Crippen LogP contribution >= 0.6 is 0 Å². The summed E-state index contributed by atoms with van der Waals surface area (Å²) in [6.07, 6.45) is 16.3. The summed E-state index contributed by atoms with van der Waals surface area (Å²) < 4.78 is 16.3. The van der Waals surface area contributed by atoms with E-state index in [9.17, 15) is 14.4 Å². The van der Waals surface area contributed by atoms with Gasteiger partial charge in [-0.05, 0) is 80.6 Å². The van der Waals surface area contributed by atoms with Crippen molar-refractivity contribution >= 4 is 29.3 Å². The number of nitrogens with two attached hydrogens (primary N) is 2. The summed E-state index contributed by atoms with van der Waals surface area (Å²) >= 11 is 0. The maximum Gasteiger partial charge on any atom is 0.311 e. The zero-order valence-electron chi connectivity index (χ0n) is 25.1. The molecule has 0 radical (unpaired) electrons. The molecule has 8 nitrogen and oxygen atoms in total. The molecule has 0 fully saturated rings. The molecule has 0 spiro atoms. The Morgan fingerprint density at radius 3 is 1.79 bits per heavy atom. The minimum atomic E-state index is -0.478. The maximum atomic E-state index is 12.4. The quantitative estimate of drug-likeness (QED) is 0.0505. The van der Waals surface area contributed by atoms with Gasteiger partial charge in [-0.1, -0.05) is 57.6 Å². The van der Waals surface area contributed by atoms with Gasteiger partial charge in [-0.15, -0.1) is 0 Å². The van der Waals surface area contributed by atoms with E-state index >= 15 is 0 Å². The molecule has 0 aliphatic carbocycles. The van der Waals surface area contributed by atoms with E-state index in [1.807, 2.05) is 0 Å². The number of carbonyl (C=O) groups is 3. The van der Waals surface area contributed by atoms with Crippen LogP contribution in [0.15, 0.2) is 60.7 Å². The van der Waals surface area contributed by atoms with E-state index in [0.29, 0.717) is 35.7 Å². The van der Waals surface area contributed by atoms with Gasteiger partial charge in [0.25, 0.3) is 0 Å². The number of hydrogen-bond donors (Lipinski definition) is 2. The number of nitrogen functional groups attached to an aromatic ring is 2. The van der Waals surface area contributed by atoms with Crippen LogP contribution in [0.3, 0.4) is 0 Å². The van der Waals surface area contributed by atoms with Gasteiger partial charge in [-0.2, -0.15) is 0 Å². The number of benzene rings is 2. The normalized spacial score (nSPS) is 11.7. The summed E-state index contributed by atoms with van der Waals surface area (Å²) in [5, 5.41) is 0. The largest absolute Gasteiger partial charge is 0.462 e. The van der Waals surface area contributed by atoms with Crippen molar-refractivity contribution in [3.05, 3.63) is 60.7 Å². The second-order valence-electron chi connectivity index (χ2n) is 10.6. The molecule has 0 aromatic heterocycles. The Balaban J connectivity index is 1.59. The van der Waals surface area contributed by atoms with E-state index < -0.39 is 5.97 Å². The maximum absolute atomic E-state index is 12.4. The van der Waals surface area contributed by atoms with Crippen LogP contribution in [0, 0.1) is 0 Å². The highest BCUT2D eigenvalue weighted by molar-refractivity contribution is 5.79. The lowest BCUT2D eigenvalue weighted by atomic mass is 10.1. The molecule has 0 saturated carbocycles. The first-order valence-corrected chi connectivity index (χ1v) is 15.3. The van der Waals surface area contributed by atoms with Crippen LogP contribution in [-0.2, 0) is 19.1 Å². The van der Waals surface area contributed by atoms with Crippen molar-refractivity contribution < 1.29 is 28.6 Å². The highest BCUT2D eigenvalue weighted by Crippen LogP contribution is 2.17. The molecule has 8 heteroatoms. The highest BCUT2D eigenvalue weighted by Gasteiger charge is 2.15. The standard InChI is InChI=1S/C34H48N2O6/c1-2-3-4-11-14-29(40-33(38)25-26-34(39)42-31-23-19-28(36)20-24-31)15-12-9-7-5-6-8-10-13-16-32(37)41-30-21-17-27(35)18-22-30/h9,12,17-24,29H,2-8,10-11,13-16,25-26,35-36H2,1H3/t29-/m1/s1. The van der Waals surface area contributed by atoms with Crippen LogP contribution in [0.1, 0.15) is 103 Å². The molecule has 1 atom stereocenters. The first-order chi connectivity index (χ1) is 20.4. The van der Waals surface area contributed by atoms with Gasteiger partial charge in [0.15, 0.2) is 0 Å². The zero-order chi connectivity index (χ0) is 30.4. The second kappa shape index (κ2) is 21.0. The topological polar surface area (TPSA) is 131 Å². The van der Waals surface area contributed by atoms with Gasteiger partial charge < -0.3 is 25.7 Å². The van der Waals surface area contributed by atoms with Crippen molar-refractivity contribution in [3.8, 4) is 11.5 Å². The number of ether oxygens (including phenoxy) is 3. The lowest BCUT2D eigenvalue weighted by molar-refractivity contribution is -0.151. The van der Waals surface area contributed by atoms with Crippen molar-refractivity contribution in [2.24, 2.45) is 0 Å². The molecule has 2 aromatic carbocycles. The van der Waals surface area contributed by atoms with Crippen LogP contribution < -0.4 is 20.9 Å². The molecule has 0 aliphatic heterocycles. The van der Waals surface area contributed by atoms with Gasteiger partial charge in [0, 0.05) is 24.2 Å². The average Bonchev–Trinajstić information content (AvgIpc) is 2.97. The lowest BCUT2D eigenvalue weighted by Gasteiger charge is -2.16. The third-order valence-corrected chi connectivity index (χ3v) is 6.75. The van der Waals surface area contributed by atoms with Crippen LogP contribution in [-0.4, -0.2) is 24.0 Å². The molecule has 0 aliphatic rings. The fraction of sp³-hybridized carbons (Fsp3) is 0.500. The van der Waals surface area contributed by atoms with Crippen molar-refractivity contribution in [1.29, 1.82) is 0 Å². The predicted octanol–water partition coefficient (Wildman–Crippen LogP) is 7.70. The molecule has 0 saturated heterocycles. The smallest absolute Gasteiger partial charge is 0.311 e. The van der Waals surface area contributed by atoms with E-state index in [1.54, 1.807) is 48.5 Å². The minimum Gasteiger partial charge on any atom is -0.462 e. The summed E-state index contributed by atoms with van der Waals surface area (Å²) in [5.41, 5.74) is 12.5. The van der Waals surface area contributed by atoms with E-state index in [2.05, 4.69) is 19.1 Å². The second-order valence-corrected chi connectivity index (χ2v) is 10.6. The molecule has 0 amide bonds. The highest BCUT2D eigenvalue weighted by atomic mass is 16.5. The predicted molar refractivity (Wildman–Crippen MR) is 167 cm³/mol. The van der Waals surface area contributed by atoms with E-state index in [0.717, 1.165) is 70.6 Å². The third kappa shape index (κ3) is 16.5. The van der Waals surface area contributed by atoms with E-state index in [1.165, 1.54) is 0 Å². The molecule has 42 heavy (non-hydrogen) atoms. The van der Waals surface area contributed by atoms with Gasteiger partial charge >= 0.3 is 17.9 Å². The Morgan fingerprint density at radius 2 is 1.17 bits per heavy atom. The van der Waals surface area contributed by atoms with Crippen LogP contribution in [0.25, 0.3) is 0 Å². The van der Waals surface area contributed by atoms with Crippen LogP contribution in [0.2, 0.25) is 0 Å². The number of allylic oxidation sites excluding steroid dienone is 1. The summed E-state index contributed by atoms with van der Waals surface area (Å²) in [5.74, 6) is -0.152. The molecular weight excluding hydrogens is 532 g/mol. The van der Waals surface area contributed by atoms with Crippen molar-refractivity contribution in [2.75, 3.05) is 11.5 Å². The van der Waals surface area contributed by atoms with Gasteiger partial charge in [-0.25, -0.2) is 0 Å². The Bertz CT molecular complexity index is 1080. The van der Waals surface area contributed by atoms with Gasteiger partial charge in [0.2, 0.25) is 0 Å². The fourth-order valence-electron chi connectivity index (χ4n) is 4.34. The fourth-order valence-corrected chi connectivity index (χ4v) is 4.34. The summed E-state index contributed by atoms with van der Waals surface area (Å²) in [4.78, 5) is 36.5. The number of unbranched alkanes of at least 4 members (excludes halogenated alkanes) is 8. The zero-order valence-corrected chi connectivity index (χ0v) is 25.1. The number of rotatable bonds is 21. The molecule has 2 rings (SSSR count). The number of anilines is 2. The molecule has 2 aromatic rings. The Morgan fingerprint density at radius 1 is 0.643 bits per heavy atom. The van der Waals surface area contributed by atoms with Crippen LogP contribution in [0.5, 0.6) is 11.5 Å². The van der Waals surface area contributed by atoms with Gasteiger partial charge in [0.05, 0.1) is 12.8 Å². The van der Waals surface area contributed by atoms with Crippen LogP contribution in [0.4, 0.5) is 11.4 Å². The third-order valence-electron chi connectivity index (χ3n) is 6.75. The van der Waals surface area contributed by atoms with Crippen molar-refractivity contribution in [2.45, 2.75) is 109 Å². The first-order valence-electron chi connectivity index (χ1n) is 15.3. The monoisotopic (exact) mass is 580 g/mol. The number of esters is 3. The molecule has 0 bridgehead atoms. The van der Waals surface area contributed by atoms with Gasteiger partial charge in [0.1, 0.15) is 17.6 Å². The molecule has 230 valence electrons. The summed E-state index contributed by atoms with van der Waals surface area (Å²) in [6.45, 7) is 2.17. The molecule has 4 N–H and O–H groups in total. The Kier molecular flexibility index (Phi) is 17.2. The lowest BCUT2D eigenvalue weighted by Crippen LogP contribution is -2.19.